The van der Waals surface area contributed by atoms with Crippen molar-refractivity contribution in [3.8, 4) is 0 Å². The van der Waals surface area contributed by atoms with Crippen LogP contribution in [-0.4, -0.2) is 39.0 Å². The second-order valence-corrected chi connectivity index (χ2v) is 6.53. The Kier molecular flexibility index (Phi) is 3.98. The SMILES string of the molecule is CCNC(CSc1nnc(C2CC2)n1C1CC1)C(N)=O. The molecular formula is C13H21N5OS. The van der Waals surface area contributed by atoms with Gasteiger partial charge in [-0.2, -0.15) is 0 Å². The van der Waals surface area contributed by atoms with Crippen molar-refractivity contribution in [2.45, 2.75) is 55.8 Å². The molecule has 1 atom stereocenters. The molecular weight excluding hydrogens is 274 g/mol. The van der Waals surface area contributed by atoms with Crippen molar-refractivity contribution < 1.29 is 4.79 Å². The zero-order valence-electron chi connectivity index (χ0n) is 11.7. The average molecular weight is 295 g/mol. The van der Waals surface area contributed by atoms with Gasteiger partial charge in [0.1, 0.15) is 5.82 Å². The Morgan fingerprint density at radius 2 is 2.20 bits per heavy atom. The standard InChI is InChI=1S/C13H21N5OS/c1-2-15-10(11(14)19)7-20-13-17-16-12(8-3-4-8)18(13)9-5-6-9/h8-10,15H,2-7H2,1H3,(H2,14,19). The van der Waals surface area contributed by atoms with E-state index in [0.29, 0.717) is 17.7 Å². The van der Waals surface area contributed by atoms with E-state index in [1.807, 2.05) is 6.92 Å². The van der Waals surface area contributed by atoms with Crippen molar-refractivity contribution in [3.05, 3.63) is 5.82 Å². The summed E-state index contributed by atoms with van der Waals surface area (Å²) in [5.74, 6) is 2.06. The Bertz CT molecular complexity index is 495. The maximum atomic E-state index is 11.4. The van der Waals surface area contributed by atoms with Crippen LogP contribution in [0.1, 0.15) is 50.4 Å². The minimum absolute atomic E-state index is 0.306. The average Bonchev–Trinajstić information content (AvgIpc) is 3.33. The summed E-state index contributed by atoms with van der Waals surface area (Å²) in [4.78, 5) is 11.4. The Hall–Kier alpha value is -1.08. The highest BCUT2D eigenvalue weighted by molar-refractivity contribution is 7.99. The molecule has 6 nitrogen and oxygen atoms in total. The molecule has 1 aromatic rings. The molecule has 110 valence electrons. The number of thioether (sulfide) groups is 1. The second kappa shape index (κ2) is 5.73. The van der Waals surface area contributed by atoms with E-state index in [1.54, 1.807) is 11.8 Å². The van der Waals surface area contributed by atoms with Crippen LogP contribution in [0.4, 0.5) is 0 Å². The van der Waals surface area contributed by atoms with Crippen molar-refractivity contribution in [3.63, 3.8) is 0 Å². The lowest BCUT2D eigenvalue weighted by atomic mass is 10.3. The quantitative estimate of drug-likeness (QED) is 0.700. The monoisotopic (exact) mass is 295 g/mol. The minimum Gasteiger partial charge on any atom is -0.368 e. The number of nitrogens with one attached hydrogen (secondary N) is 1. The summed E-state index contributed by atoms with van der Waals surface area (Å²) < 4.78 is 2.30. The Balaban J connectivity index is 1.69. The van der Waals surface area contributed by atoms with E-state index in [0.717, 1.165) is 17.5 Å². The van der Waals surface area contributed by atoms with Crippen LogP contribution in [0.2, 0.25) is 0 Å². The van der Waals surface area contributed by atoms with E-state index >= 15 is 0 Å². The van der Waals surface area contributed by atoms with E-state index in [4.69, 9.17) is 5.73 Å². The molecule has 1 aromatic heterocycles. The number of carbonyl (C=O) groups is 1. The van der Waals surface area contributed by atoms with Crippen LogP contribution in [0.5, 0.6) is 0 Å². The summed E-state index contributed by atoms with van der Waals surface area (Å²) in [6.07, 6.45) is 4.91. The van der Waals surface area contributed by atoms with Crippen LogP contribution in [-0.2, 0) is 4.79 Å². The lowest BCUT2D eigenvalue weighted by Crippen LogP contribution is -2.43. The fourth-order valence-electron chi connectivity index (χ4n) is 2.33. The Labute approximate surface area is 122 Å². The Morgan fingerprint density at radius 3 is 2.75 bits per heavy atom. The molecule has 1 unspecified atom stereocenters. The lowest BCUT2D eigenvalue weighted by Gasteiger charge is -2.14. The predicted octanol–water partition coefficient (Wildman–Crippen LogP) is 1.05. The van der Waals surface area contributed by atoms with Crippen molar-refractivity contribution in [2.24, 2.45) is 5.73 Å². The number of hydrogen-bond acceptors (Lipinski definition) is 5. The number of nitrogens with zero attached hydrogens (tertiary/aromatic N) is 3. The fourth-order valence-corrected chi connectivity index (χ4v) is 3.41. The maximum Gasteiger partial charge on any atom is 0.235 e. The van der Waals surface area contributed by atoms with Crippen LogP contribution in [0, 0.1) is 0 Å². The molecule has 20 heavy (non-hydrogen) atoms. The van der Waals surface area contributed by atoms with Gasteiger partial charge in [-0.05, 0) is 32.2 Å². The van der Waals surface area contributed by atoms with E-state index in [-0.39, 0.29) is 11.9 Å². The predicted molar refractivity (Wildman–Crippen MR) is 77.7 cm³/mol. The maximum absolute atomic E-state index is 11.4. The van der Waals surface area contributed by atoms with Crippen LogP contribution in [0.3, 0.4) is 0 Å². The molecule has 3 rings (SSSR count). The van der Waals surface area contributed by atoms with Gasteiger partial charge in [0.25, 0.3) is 0 Å². The number of carbonyl (C=O) groups excluding carboxylic acids is 1. The van der Waals surface area contributed by atoms with E-state index in [1.165, 1.54) is 25.7 Å². The van der Waals surface area contributed by atoms with Gasteiger partial charge in [-0.1, -0.05) is 18.7 Å². The minimum atomic E-state index is -0.307. The molecule has 2 aliphatic rings. The highest BCUT2D eigenvalue weighted by Crippen LogP contribution is 2.45. The fraction of sp³-hybridized carbons (Fsp3) is 0.769. The van der Waals surface area contributed by atoms with Crippen LogP contribution in [0.15, 0.2) is 5.16 Å². The van der Waals surface area contributed by atoms with E-state index in [2.05, 4.69) is 20.1 Å². The summed E-state index contributed by atoms with van der Waals surface area (Å²) in [7, 11) is 0. The van der Waals surface area contributed by atoms with Crippen molar-refractivity contribution in [1.29, 1.82) is 0 Å². The first-order chi connectivity index (χ1) is 9.70. The molecule has 0 aromatic carbocycles. The molecule has 0 bridgehead atoms. The van der Waals surface area contributed by atoms with Gasteiger partial charge >= 0.3 is 0 Å². The van der Waals surface area contributed by atoms with Gasteiger partial charge in [0.05, 0.1) is 6.04 Å². The van der Waals surface area contributed by atoms with Crippen molar-refractivity contribution >= 4 is 17.7 Å². The number of nitrogens with two attached hydrogens (primary N) is 1. The molecule has 3 N–H and O–H groups in total. The van der Waals surface area contributed by atoms with Gasteiger partial charge in [-0.25, -0.2) is 0 Å². The molecule has 0 spiro atoms. The van der Waals surface area contributed by atoms with Gasteiger partial charge in [-0.3, -0.25) is 4.79 Å². The first-order valence-electron chi connectivity index (χ1n) is 7.31. The van der Waals surface area contributed by atoms with Crippen LogP contribution in [0.25, 0.3) is 0 Å². The first kappa shape index (κ1) is 13.9. The van der Waals surface area contributed by atoms with Gasteiger partial charge in [-0.15, -0.1) is 10.2 Å². The molecule has 1 amide bonds. The molecule has 7 heteroatoms. The van der Waals surface area contributed by atoms with E-state index < -0.39 is 0 Å². The van der Waals surface area contributed by atoms with Gasteiger partial charge in [0.15, 0.2) is 5.16 Å². The van der Waals surface area contributed by atoms with Gasteiger partial charge in [0, 0.05) is 17.7 Å². The molecule has 2 aliphatic carbocycles. The zero-order chi connectivity index (χ0) is 14.1. The zero-order valence-corrected chi connectivity index (χ0v) is 12.5. The highest BCUT2D eigenvalue weighted by atomic mass is 32.2. The molecule has 1 heterocycles. The number of rotatable bonds is 8. The Morgan fingerprint density at radius 1 is 1.45 bits per heavy atom. The number of hydrogen-bond donors (Lipinski definition) is 2. The van der Waals surface area contributed by atoms with Gasteiger partial charge in [0.2, 0.25) is 5.91 Å². The second-order valence-electron chi connectivity index (χ2n) is 5.54. The normalized spacial score (nSPS) is 20.1. The summed E-state index contributed by atoms with van der Waals surface area (Å²) >= 11 is 1.58. The van der Waals surface area contributed by atoms with Crippen molar-refractivity contribution in [1.82, 2.24) is 20.1 Å². The third-order valence-corrected chi connectivity index (χ3v) is 4.76. The van der Waals surface area contributed by atoms with E-state index in [9.17, 15) is 4.79 Å². The number of amides is 1. The number of aromatic nitrogens is 3. The topological polar surface area (TPSA) is 85.8 Å². The molecule has 0 radical (unpaired) electrons. The third-order valence-electron chi connectivity index (χ3n) is 3.72. The summed E-state index contributed by atoms with van der Waals surface area (Å²) in [6.45, 7) is 2.70. The third kappa shape index (κ3) is 2.98. The van der Waals surface area contributed by atoms with Crippen LogP contribution < -0.4 is 11.1 Å². The van der Waals surface area contributed by atoms with Crippen LogP contribution >= 0.6 is 11.8 Å². The molecule has 2 saturated carbocycles. The molecule has 0 saturated heterocycles. The lowest BCUT2D eigenvalue weighted by molar-refractivity contribution is -0.119. The first-order valence-corrected chi connectivity index (χ1v) is 8.29. The summed E-state index contributed by atoms with van der Waals surface area (Å²) in [5.41, 5.74) is 5.40. The largest absolute Gasteiger partial charge is 0.368 e. The highest BCUT2D eigenvalue weighted by Gasteiger charge is 2.36. The summed E-state index contributed by atoms with van der Waals surface area (Å²) in [5, 5.41) is 12.7. The molecule has 0 aliphatic heterocycles. The summed E-state index contributed by atoms with van der Waals surface area (Å²) in [6, 6.07) is 0.271. The smallest absolute Gasteiger partial charge is 0.235 e. The van der Waals surface area contributed by atoms with Crippen molar-refractivity contribution in [2.75, 3.05) is 12.3 Å². The number of primary amides is 1. The number of likely N-dealkylation sites (N-methyl/N-ethyl adjacent to an activating group) is 1. The molecule has 2 fully saturated rings. The van der Waals surface area contributed by atoms with Gasteiger partial charge < -0.3 is 15.6 Å².